The van der Waals surface area contributed by atoms with Crippen LogP contribution < -0.4 is 0 Å². The predicted molar refractivity (Wildman–Crippen MR) is 105 cm³/mol. The van der Waals surface area contributed by atoms with Crippen molar-refractivity contribution in [2.75, 3.05) is 20.3 Å². The summed E-state index contributed by atoms with van der Waals surface area (Å²) in [5, 5.41) is 0. The van der Waals surface area contributed by atoms with E-state index in [4.69, 9.17) is 9.47 Å². The zero-order chi connectivity index (χ0) is 20.3. The van der Waals surface area contributed by atoms with Crippen LogP contribution in [0.4, 0.5) is 0 Å². The van der Waals surface area contributed by atoms with Crippen LogP contribution in [0, 0.1) is 13.8 Å². The van der Waals surface area contributed by atoms with E-state index in [0.717, 1.165) is 11.4 Å². The molecule has 0 amide bonds. The summed E-state index contributed by atoms with van der Waals surface area (Å²) in [4.78, 5) is 33.3. The van der Waals surface area contributed by atoms with Gasteiger partial charge in [-0.25, -0.2) is 4.79 Å². The Morgan fingerprint density at radius 2 is 1.82 bits per heavy atom. The highest BCUT2D eigenvalue weighted by Crippen LogP contribution is 2.21. The molecule has 0 saturated carbocycles. The van der Waals surface area contributed by atoms with Crippen molar-refractivity contribution in [3.63, 3.8) is 0 Å². The van der Waals surface area contributed by atoms with Gasteiger partial charge in [0, 0.05) is 36.5 Å². The highest BCUT2D eigenvalue weighted by Gasteiger charge is 2.20. The van der Waals surface area contributed by atoms with E-state index in [1.165, 1.54) is 0 Å². The zero-order valence-electron chi connectivity index (χ0n) is 16.4. The minimum atomic E-state index is -0.567. The van der Waals surface area contributed by atoms with Crippen molar-refractivity contribution in [2.45, 2.75) is 26.8 Å². The van der Waals surface area contributed by atoms with E-state index in [9.17, 15) is 9.59 Å². The Morgan fingerprint density at radius 3 is 2.54 bits per heavy atom. The highest BCUT2D eigenvalue weighted by molar-refractivity contribution is 6.01. The maximum atomic E-state index is 12.6. The van der Waals surface area contributed by atoms with Crippen molar-refractivity contribution in [1.29, 1.82) is 0 Å². The van der Waals surface area contributed by atoms with Crippen molar-refractivity contribution in [2.24, 2.45) is 0 Å². The Morgan fingerprint density at radius 1 is 1.11 bits per heavy atom. The molecule has 3 aromatic rings. The van der Waals surface area contributed by atoms with E-state index >= 15 is 0 Å². The number of aromatic nitrogens is 3. The number of ketones is 1. The van der Waals surface area contributed by atoms with Gasteiger partial charge in [0.15, 0.2) is 6.61 Å². The second-order valence-corrected chi connectivity index (χ2v) is 6.72. The second-order valence-electron chi connectivity index (χ2n) is 6.72. The molecule has 0 unspecified atom stereocenters. The molecule has 0 spiro atoms. The van der Waals surface area contributed by atoms with Crippen molar-refractivity contribution in [3.05, 3.63) is 59.2 Å². The van der Waals surface area contributed by atoms with Crippen LogP contribution in [0.15, 0.2) is 36.7 Å². The summed E-state index contributed by atoms with van der Waals surface area (Å²) in [6.07, 6.45) is 3.14. The minimum absolute atomic E-state index is 0.104. The fraction of sp³-hybridized carbons (Fsp3) is 0.333. The van der Waals surface area contributed by atoms with Crippen molar-refractivity contribution in [3.8, 4) is 0 Å². The van der Waals surface area contributed by atoms with Crippen LogP contribution in [-0.4, -0.2) is 46.6 Å². The molecule has 0 aliphatic heterocycles. The molecule has 28 heavy (non-hydrogen) atoms. The Bertz CT molecular complexity index is 1030. The Balaban J connectivity index is 1.71. The Hall–Kier alpha value is -3.06. The van der Waals surface area contributed by atoms with Gasteiger partial charge in [-0.2, -0.15) is 0 Å². The summed E-state index contributed by atoms with van der Waals surface area (Å²) in [5.74, 6) is -0.805. The number of carbonyl (C=O) groups excluding carboxylic acids is 2. The third kappa shape index (κ3) is 3.94. The summed E-state index contributed by atoms with van der Waals surface area (Å²) in [6.45, 7) is 6.08. The number of fused-ring (bicyclic) bond motifs is 1. The number of hydrogen-bond donors (Lipinski definition) is 0. The quantitative estimate of drug-likeness (QED) is 0.461. The van der Waals surface area contributed by atoms with Crippen LogP contribution >= 0.6 is 0 Å². The number of nitrogens with zero attached hydrogens (tertiary/aromatic N) is 3. The lowest BCUT2D eigenvalue weighted by Gasteiger charge is -2.17. The molecule has 0 saturated heterocycles. The third-order valence-electron chi connectivity index (χ3n) is 4.67. The molecule has 0 radical (unpaired) electrons. The molecule has 1 atom stereocenters. The lowest BCUT2D eigenvalue weighted by molar-refractivity contribution is 0.0474. The van der Waals surface area contributed by atoms with Crippen LogP contribution in [-0.2, 0) is 9.47 Å². The summed E-state index contributed by atoms with van der Waals surface area (Å²) in [6, 6.07) is 6.84. The number of Topliss-reactive ketones (excluding diaryl/α,β-unsaturated/α-hetero) is 1. The molecule has 0 aliphatic carbocycles. The van der Waals surface area contributed by atoms with Gasteiger partial charge >= 0.3 is 5.97 Å². The SMILES string of the molecule is COC[C@@H](C)n1c(C)cc(C(=O)COC(=O)c2ccc3nccnc3c2)c1C. The molecule has 146 valence electrons. The summed E-state index contributed by atoms with van der Waals surface area (Å²) < 4.78 is 12.5. The number of methoxy groups -OCH3 is 1. The first kappa shape index (κ1) is 19.7. The molecule has 2 heterocycles. The zero-order valence-corrected chi connectivity index (χ0v) is 16.4. The van der Waals surface area contributed by atoms with E-state index < -0.39 is 5.97 Å². The minimum Gasteiger partial charge on any atom is -0.454 e. The average Bonchev–Trinajstić information content (AvgIpc) is 2.99. The van der Waals surface area contributed by atoms with Gasteiger partial charge in [-0.15, -0.1) is 0 Å². The van der Waals surface area contributed by atoms with Gasteiger partial charge in [-0.3, -0.25) is 14.8 Å². The lowest BCUT2D eigenvalue weighted by Crippen LogP contribution is -2.17. The van der Waals surface area contributed by atoms with E-state index in [-0.39, 0.29) is 18.4 Å². The number of aryl methyl sites for hydroxylation is 1. The maximum absolute atomic E-state index is 12.6. The number of ether oxygens (including phenoxy) is 2. The Kier molecular flexibility index (Phi) is 5.84. The van der Waals surface area contributed by atoms with Crippen LogP contribution in [0.1, 0.15) is 45.1 Å². The molecule has 0 N–H and O–H groups in total. The van der Waals surface area contributed by atoms with E-state index in [2.05, 4.69) is 14.5 Å². The normalized spacial score (nSPS) is 12.1. The molecular weight excluding hydrogens is 358 g/mol. The Labute approximate surface area is 163 Å². The van der Waals surface area contributed by atoms with E-state index in [1.807, 2.05) is 26.8 Å². The van der Waals surface area contributed by atoms with Gasteiger partial charge in [0.25, 0.3) is 0 Å². The van der Waals surface area contributed by atoms with Gasteiger partial charge < -0.3 is 14.0 Å². The highest BCUT2D eigenvalue weighted by atomic mass is 16.5. The first-order valence-corrected chi connectivity index (χ1v) is 9.00. The second kappa shape index (κ2) is 8.31. The molecule has 0 aliphatic rings. The van der Waals surface area contributed by atoms with Crippen molar-refractivity contribution in [1.82, 2.24) is 14.5 Å². The number of benzene rings is 1. The topological polar surface area (TPSA) is 83.3 Å². The molecule has 0 fully saturated rings. The van der Waals surface area contributed by atoms with Crippen molar-refractivity contribution < 1.29 is 19.1 Å². The van der Waals surface area contributed by atoms with Gasteiger partial charge in [0.2, 0.25) is 5.78 Å². The van der Waals surface area contributed by atoms with Gasteiger partial charge in [0.05, 0.1) is 29.2 Å². The summed E-state index contributed by atoms with van der Waals surface area (Å²) >= 11 is 0. The number of rotatable bonds is 7. The monoisotopic (exact) mass is 381 g/mol. The van der Waals surface area contributed by atoms with Crippen LogP contribution in [0.5, 0.6) is 0 Å². The van der Waals surface area contributed by atoms with Crippen molar-refractivity contribution >= 4 is 22.8 Å². The number of carbonyl (C=O) groups is 2. The van der Waals surface area contributed by atoms with Gasteiger partial charge in [0.1, 0.15) is 0 Å². The number of hydrogen-bond acceptors (Lipinski definition) is 6. The van der Waals surface area contributed by atoms with Gasteiger partial charge in [-0.1, -0.05) is 0 Å². The molecule has 2 aromatic heterocycles. The summed E-state index contributed by atoms with van der Waals surface area (Å²) in [7, 11) is 1.65. The maximum Gasteiger partial charge on any atom is 0.338 e. The standard InChI is InChI=1S/C21H23N3O4/c1-13-9-17(15(3)24(13)14(2)11-27-4)20(25)12-28-21(26)16-5-6-18-19(10-16)23-8-7-22-18/h5-10,14H,11-12H2,1-4H3/t14-/m1/s1. The van der Waals surface area contributed by atoms with Crippen LogP contribution in [0.25, 0.3) is 11.0 Å². The smallest absolute Gasteiger partial charge is 0.338 e. The first-order chi connectivity index (χ1) is 13.4. The lowest BCUT2D eigenvalue weighted by atomic mass is 10.1. The van der Waals surface area contributed by atoms with Crippen LogP contribution in [0.3, 0.4) is 0 Å². The fourth-order valence-corrected chi connectivity index (χ4v) is 3.44. The molecule has 0 bridgehead atoms. The van der Waals surface area contributed by atoms with E-state index in [0.29, 0.717) is 28.8 Å². The summed E-state index contributed by atoms with van der Waals surface area (Å²) in [5.41, 5.74) is 3.97. The average molecular weight is 381 g/mol. The van der Waals surface area contributed by atoms with E-state index in [1.54, 1.807) is 37.7 Å². The fourth-order valence-electron chi connectivity index (χ4n) is 3.44. The predicted octanol–water partition coefficient (Wildman–Crippen LogP) is 3.30. The first-order valence-electron chi connectivity index (χ1n) is 9.00. The number of esters is 1. The van der Waals surface area contributed by atoms with Gasteiger partial charge in [-0.05, 0) is 45.0 Å². The van der Waals surface area contributed by atoms with Crippen LogP contribution in [0.2, 0.25) is 0 Å². The molecular formula is C21H23N3O4. The molecule has 3 rings (SSSR count). The largest absolute Gasteiger partial charge is 0.454 e. The third-order valence-corrected chi connectivity index (χ3v) is 4.67. The molecule has 1 aromatic carbocycles. The molecule has 7 heteroatoms. The molecule has 7 nitrogen and oxygen atoms in total.